The number of H-pyrrole nitrogens is 1. The Balaban J connectivity index is 1.95. The van der Waals surface area contributed by atoms with E-state index in [2.05, 4.69) is 14.7 Å². The van der Waals surface area contributed by atoms with Crippen molar-refractivity contribution in [1.29, 1.82) is 0 Å². The Bertz CT molecular complexity index is 711. The highest BCUT2D eigenvalue weighted by atomic mass is 32.2. The Morgan fingerprint density at radius 2 is 2.19 bits per heavy atom. The van der Waals surface area contributed by atoms with Crippen LogP contribution in [0.15, 0.2) is 41.6 Å². The predicted octanol–water partition coefficient (Wildman–Crippen LogP) is 1.02. The summed E-state index contributed by atoms with van der Waals surface area (Å²) in [4.78, 5) is 17.8. The van der Waals surface area contributed by atoms with E-state index in [-0.39, 0.29) is 17.0 Å². The van der Waals surface area contributed by atoms with Crippen LogP contribution in [0.1, 0.15) is 22.6 Å². The van der Waals surface area contributed by atoms with Gasteiger partial charge in [0.15, 0.2) is 0 Å². The van der Waals surface area contributed by atoms with Gasteiger partial charge >= 0.3 is 5.97 Å². The third kappa shape index (κ3) is 4.14. The van der Waals surface area contributed by atoms with Crippen LogP contribution in [-0.4, -0.2) is 36.0 Å². The van der Waals surface area contributed by atoms with Crippen LogP contribution in [0.25, 0.3) is 0 Å². The number of aromatic carboxylic acids is 1. The van der Waals surface area contributed by atoms with Crippen LogP contribution in [0.5, 0.6) is 0 Å². The van der Waals surface area contributed by atoms with Gasteiger partial charge in [0.05, 0.1) is 10.5 Å². The van der Waals surface area contributed by atoms with Crippen LogP contribution in [-0.2, 0) is 16.4 Å². The van der Waals surface area contributed by atoms with Crippen molar-refractivity contribution in [3.63, 3.8) is 0 Å². The third-order valence-electron chi connectivity index (χ3n) is 2.83. The molecule has 0 saturated heterocycles. The van der Waals surface area contributed by atoms with E-state index in [0.29, 0.717) is 12.8 Å². The minimum absolute atomic E-state index is 0.0552. The van der Waals surface area contributed by atoms with E-state index < -0.39 is 16.0 Å². The molecule has 0 fully saturated rings. The number of aryl methyl sites for hydroxylation is 1. The van der Waals surface area contributed by atoms with Crippen molar-refractivity contribution in [3.8, 4) is 0 Å². The van der Waals surface area contributed by atoms with Gasteiger partial charge in [0.2, 0.25) is 10.0 Å². The van der Waals surface area contributed by atoms with E-state index >= 15 is 0 Å². The number of rotatable bonds is 7. The molecule has 0 spiro atoms. The average molecular weight is 309 g/mol. The lowest BCUT2D eigenvalue weighted by molar-refractivity contribution is 0.0696. The van der Waals surface area contributed by atoms with Gasteiger partial charge in [-0.25, -0.2) is 22.9 Å². The van der Waals surface area contributed by atoms with Crippen molar-refractivity contribution in [2.75, 3.05) is 6.54 Å². The molecule has 0 aliphatic carbocycles. The van der Waals surface area contributed by atoms with Crippen LogP contribution in [0, 0.1) is 0 Å². The van der Waals surface area contributed by atoms with Crippen molar-refractivity contribution in [3.05, 3.63) is 48.0 Å². The second-order valence-electron chi connectivity index (χ2n) is 4.37. The number of hydrogen-bond donors (Lipinski definition) is 3. The monoisotopic (exact) mass is 309 g/mol. The van der Waals surface area contributed by atoms with Gasteiger partial charge < -0.3 is 10.1 Å². The zero-order valence-electron chi connectivity index (χ0n) is 11.1. The molecule has 2 rings (SSSR count). The first-order valence-corrected chi connectivity index (χ1v) is 7.78. The number of nitrogens with one attached hydrogen (secondary N) is 2. The molecule has 8 heteroatoms. The number of aromatic amines is 1. The first-order chi connectivity index (χ1) is 9.99. The van der Waals surface area contributed by atoms with Crippen LogP contribution >= 0.6 is 0 Å². The van der Waals surface area contributed by atoms with Crippen molar-refractivity contribution >= 4 is 16.0 Å². The maximum Gasteiger partial charge on any atom is 0.335 e. The molecule has 112 valence electrons. The standard InChI is InChI=1S/C13H15N3O4S/c17-13(18)10-3-1-4-11(9-10)21(19,20)16-6-2-5-12-14-7-8-15-12/h1,3-4,7-9,16H,2,5-6H2,(H,14,15)(H,17,18). The molecular formula is C13H15N3O4S. The van der Waals surface area contributed by atoms with Crippen LogP contribution < -0.4 is 4.72 Å². The van der Waals surface area contributed by atoms with E-state index in [1.54, 1.807) is 12.4 Å². The molecule has 21 heavy (non-hydrogen) atoms. The molecule has 2 aromatic rings. The number of carbonyl (C=O) groups is 1. The zero-order chi connectivity index (χ0) is 15.3. The largest absolute Gasteiger partial charge is 0.478 e. The highest BCUT2D eigenvalue weighted by molar-refractivity contribution is 7.89. The number of hydrogen-bond acceptors (Lipinski definition) is 4. The Hall–Kier alpha value is -2.19. The fourth-order valence-corrected chi connectivity index (χ4v) is 2.90. The Labute approximate surface area is 122 Å². The summed E-state index contributed by atoms with van der Waals surface area (Å²) < 4.78 is 26.5. The van der Waals surface area contributed by atoms with Gasteiger partial charge in [-0.15, -0.1) is 0 Å². The summed E-state index contributed by atoms with van der Waals surface area (Å²) in [5.41, 5.74) is -0.0616. The molecule has 0 aliphatic rings. The van der Waals surface area contributed by atoms with E-state index in [9.17, 15) is 13.2 Å². The van der Waals surface area contributed by atoms with E-state index in [1.165, 1.54) is 18.2 Å². The van der Waals surface area contributed by atoms with Crippen molar-refractivity contribution < 1.29 is 18.3 Å². The lowest BCUT2D eigenvalue weighted by Crippen LogP contribution is -2.25. The molecule has 1 aromatic heterocycles. The van der Waals surface area contributed by atoms with E-state index in [0.717, 1.165) is 11.9 Å². The molecule has 1 aromatic carbocycles. The lowest BCUT2D eigenvalue weighted by atomic mass is 10.2. The van der Waals surface area contributed by atoms with E-state index in [4.69, 9.17) is 5.11 Å². The Kier molecular flexibility index (Phi) is 4.71. The van der Waals surface area contributed by atoms with Crippen LogP contribution in [0.3, 0.4) is 0 Å². The van der Waals surface area contributed by atoms with Gasteiger partial charge in [-0.2, -0.15) is 0 Å². The van der Waals surface area contributed by atoms with Gasteiger partial charge in [0, 0.05) is 25.4 Å². The second-order valence-corrected chi connectivity index (χ2v) is 6.14. The SMILES string of the molecule is O=C(O)c1cccc(S(=O)(=O)NCCCc2ncc[nH]2)c1. The van der Waals surface area contributed by atoms with Gasteiger partial charge in [0.25, 0.3) is 0 Å². The number of carboxylic acid groups (broad SMARTS) is 1. The third-order valence-corrected chi connectivity index (χ3v) is 4.29. The summed E-state index contributed by atoms with van der Waals surface area (Å²) in [7, 11) is -3.70. The summed E-state index contributed by atoms with van der Waals surface area (Å²) in [5.74, 6) is -0.369. The predicted molar refractivity (Wildman–Crippen MR) is 75.5 cm³/mol. The molecule has 1 heterocycles. The molecule has 0 amide bonds. The number of imidazole rings is 1. The minimum Gasteiger partial charge on any atom is -0.478 e. The maximum atomic E-state index is 12.0. The van der Waals surface area contributed by atoms with Crippen molar-refractivity contribution in [1.82, 2.24) is 14.7 Å². The lowest BCUT2D eigenvalue weighted by Gasteiger charge is -2.07. The summed E-state index contributed by atoms with van der Waals surface area (Å²) in [5, 5.41) is 8.87. The molecule has 0 radical (unpaired) electrons. The maximum absolute atomic E-state index is 12.0. The summed E-state index contributed by atoms with van der Waals surface area (Å²) in [6.45, 7) is 0.250. The molecule has 0 bridgehead atoms. The van der Waals surface area contributed by atoms with Gasteiger partial charge in [-0.05, 0) is 24.6 Å². The van der Waals surface area contributed by atoms with Crippen LogP contribution in [0.2, 0.25) is 0 Å². The Morgan fingerprint density at radius 3 is 2.86 bits per heavy atom. The quantitative estimate of drug-likeness (QED) is 0.661. The first-order valence-electron chi connectivity index (χ1n) is 6.30. The summed E-state index contributed by atoms with van der Waals surface area (Å²) in [6.07, 6.45) is 4.56. The smallest absolute Gasteiger partial charge is 0.335 e. The number of aromatic nitrogens is 2. The first kappa shape index (κ1) is 15.2. The van der Waals surface area contributed by atoms with Gasteiger partial charge in [0.1, 0.15) is 5.82 Å². The fourth-order valence-electron chi connectivity index (χ4n) is 1.78. The fraction of sp³-hybridized carbons (Fsp3) is 0.231. The summed E-state index contributed by atoms with van der Waals surface area (Å²) in [6, 6.07) is 5.25. The normalized spacial score (nSPS) is 11.4. The van der Waals surface area contributed by atoms with Gasteiger partial charge in [-0.3, -0.25) is 0 Å². The molecular weight excluding hydrogens is 294 g/mol. The van der Waals surface area contributed by atoms with Crippen LogP contribution in [0.4, 0.5) is 0 Å². The molecule has 0 saturated carbocycles. The number of carboxylic acids is 1. The second kappa shape index (κ2) is 6.51. The van der Waals surface area contributed by atoms with Crippen molar-refractivity contribution in [2.45, 2.75) is 17.7 Å². The molecule has 7 nitrogen and oxygen atoms in total. The van der Waals surface area contributed by atoms with E-state index in [1.807, 2.05) is 0 Å². The Morgan fingerprint density at radius 1 is 1.38 bits per heavy atom. The van der Waals surface area contributed by atoms with Gasteiger partial charge in [-0.1, -0.05) is 6.07 Å². The molecule has 0 atom stereocenters. The number of nitrogens with zero attached hydrogens (tertiary/aromatic N) is 1. The minimum atomic E-state index is -3.70. The molecule has 0 aliphatic heterocycles. The topological polar surface area (TPSA) is 112 Å². The number of benzene rings is 1. The molecule has 3 N–H and O–H groups in total. The zero-order valence-corrected chi connectivity index (χ0v) is 11.9. The highest BCUT2D eigenvalue weighted by Gasteiger charge is 2.15. The van der Waals surface area contributed by atoms with Crippen molar-refractivity contribution in [2.24, 2.45) is 0 Å². The average Bonchev–Trinajstić information content (AvgIpc) is 2.97. The summed E-state index contributed by atoms with van der Waals surface area (Å²) >= 11 is 0. The highest BCUT2D eigenvalue weighted by Crippen LogP contribution is 2.11. The molecule has 0 unspecified atom stereocenters. The number of sulfonamides is 1.